The van der Waals surface area contributed by atoms with Gasteiger partial charge in [0.25, 0.3) is 0 Å². The van der Waals surface area contributed by atoms with Crippen molar-refractivity contribution in [2.45, 2.75) is 31.6 Å². The molecule has 0 N–H and O–H groups in total. The first kappa shape index (κ1) is 11.5. The van der Waals surface area contributed by atoms with Crippen LogP contribution in [0.2, 0.25) is 0 Å². The minimum atomic E-state index is -0.157. The van der Waals surface area contributed by atoms with E-state index in [9.17, 15) is 4.39 Å². The highest BCUT2D eigenvalue weighted by atomic mass is 19.1. The molecule has 0 aromatic heterocycles. The average molecular weight is 240 g/mol. The van der Waals surface area contributed by atoms with Crippen LogP contribution in [-0.4, -0.2) is 0 Å². The smallest absolute Gasteiger partial charge is 0.123 e. The maximum Gasteiger partial charge on any atom is 0.123 e. The Bertz CT molecular complexity index is 533. The molecule has 0 spiro atoms. The topological polar surface area (TPSA) is 0 Å². The van der Waals surface area contributed by atoms with Crippen LogP contribution in [0.15, 0.2) is 48.5 Å². The summed E-state index contributed by atoms with van der Waals surface area (Å²) in [6.45, 7) is 2.17. The number of benzene rings is 2. The Morgan fingerprint density at radius 1 is 0.889 bits per heavy atom. The predicted molar refractivity (Wildman–Crippen MR) is 72.2 cm³/mol. The van der Waals surface area contributed by atoms with Gasteiger partial charge in [-0.05, 0) is 48.1 Å². The highest BCUT2D eigenvalue weighted by molar-refractivity contribution is 5.45. The fourth-order valence-corrected chi connectivity index (χ4v) is 2.70. The molecule has 1 saturated carbocycles. The van der Waals surface area contributed by atoms with Gasteiger partial charge in [0.15, 0.2) is 0 Å². The number of hydrogen-bond acceptors (Lipinski definition) is 0. The number of aryl methyl sites for hydroxylation is 1. The van der Waals surface area contributed by atoms with Crippen molar-refractivity contribution in [1.82, 2.24) is 0 Å². The standard InChI is InChI=1S/C17H17F/c1-2-13-3-5-14(6-4-13)17(11-12-17)15-7-9-16(18)10-8-15/h3-10H,2,11-12H2,1H3. The molecule has 1 heteroatoms. The van der Waals surface area contributed by atoms with Gasteiger partial charge in [-0.25, -0.2) is 4.39 Å². The zero-order valence-electron chi connectivity index (χ0n) is 10.6. The van der Waals surface area contributed by atoms with Crippen molar-refractivity contribution >= 4 is 0 Å². The van der Waals surface area contributed by atoms with Crippen LogP contribution in [0.4, 0.5) is 4.39 Å². The first-order valence-corrected chi connectivity index (χ1v) is 6.60. The molecule has 2 aromatic rings. The van der Waals surface area contributed by atoms with Crippen molar-refractivity contribution in [1.29, 1.82) is 0 Å². The van der Waals surface area contributed by atoms with E-state index in [4.69, 9.17) is 0 Å². The molecule has 0 saturated heterocycles. The van der Waals surface area contributed by atoms with Gasteiger partial charge in [-0.1, -0.05) is 43.3 Å². The van der Waals surface area contributed by atoms with Crippen LogP contribution in [0.25, 0.3) is 0 Å². The van der Waals surface area contributed by atoms with Gasteiger partial charge in [-0.3, -0.25) is 0 Å². The molecule has 3 rings (SSSR count). The Morgan fingerprint density at radius 2 is 1.39 bits per heavy atom. The van der Waals surface area contributed by atoms with Gasteiger partial charge in [0.05, 0.1) is 0 Å². The molecule has 0 bridgehead atoms. The molecule has 92 valence electrons. The summed E-state index contributed by atoms with van der Waals surface area (Å²) in [5, 5.41) is 0. The molecule has 1 aliphatic carbocycles. The highest BCUT2D eigenvalue weighted by Crippen LogP contribution is 2.53. The van der Waals surface area contributed by atoms with Gasteiger partial charge >= 0.3 is 0 Å². The summed E-state index contributed by atoms with van der Waals surface area (Å²) in [5.74, 6) is -0.157. The molecule has 0 unspecified atom stereocenters. The SMILES string of the molecule is CCc1ccc(C2(c3ccc(F)cc3)CC2)cc1. The van der Waals surface area contributed by atoms with Crippen molar-refractivity contribution in [3.8, 4) is 0 Å². The summed E-state index contributed by atoms with van der Waals surface area (Å²) in [5.41, 5.74) is 4.13. The molecule has 1 aliphatic rings. The third kappa shape index (κ3) is 1.84. The maximum absolute atomic E-state index is 13.0. The molecule has 0 amide bonds. The van der Waals surface area contributed by atoms with Crippen molar-refractivity contribution in [2.75, 3.05) is 0 Å². The van der Waals surface area contributed by atoms with E-state index in [1.54, 1.807) is 12.1 Å². The van der Waals surface area contributed by atoms with Gasteiger partial charge in [-0.2, -0.15) is 0 Å². The second-order valence-corrected chi connectivity index (χ2v) is 5.14. The summed E-state index contributed by atoms with van der Waals surface area (Å²) in [7, 11) is 0. The number of halogens is 1. The van der Waals surface area contributed by atoms with Gasteiger partial charge < -0.3 is 0 Å². The second-order valence-electron chi connectivity index (χ2n) is 5.14. The lowest BCUT2D eigenvalue weighted by molar-refractivity contribution is 0.626. The quantitative estimate of drug-likeness (QED) is 0.742. The van der Waals surface area contributed by atoms with Crippen molar-refractivity contribution in [2.24, 2.45) is 0 Å². The van der Waals surface area contributed by atoms with Crippen LogP contribution in [-0.2, 0) is 11.8 Å². The Balaban J connectivity index is 1.96. The fraction of sp³-hybridized carbons (Fsp3) is 0.294. The third-order valence-corrected chi connectivity index (χ3v) is 4.06. The van der Waals surface area contributed by atoms with Crippen molar-refractivity contribution < 1.29 is 4.39 Å². The minimum Gasteiger partial charge on any atom is -0.207 e. The van der Waals surface area contributed by atoms with Gasteiger partial charge in [0.1, 0.15) is 5.82 Å². The summed E-state index contributed by atoms with van der Waals surface area (Å²) in [6, 6.07) is 15.9. The lowest BCUT2D eigenvalue weighted by atomic mass is 9.87. The lowest BCUT2D eigenvalue weighted by Crippen LogP contribution is -2.08. The lowest BCUT2D eigenvalue weighted by Gasteiger charge is -2.16. The molecule has 0 radical (unpaired) electrons. The zero-order chi connectivity index (χ0) is 12.6. The summed E-state index contributed by atoms with van der Waals surface area (Å²) in [4.78, 5) is 0. The molecule has 1 fully saturated rings. The first-order chi connectivity index (χ1) is 8.74. The van der Waals surface area contributed by atoms with E-state index in [0.717, 1.165) is 6.42 Å². The van der Waals surface area contributed by atoms with E-state index >= 15 is 0 Å². The van der Waals surface area contributed by atoms with E-state index in [1.807, 2.05) is 12.1 Å². The van der Waals surface area contributed by atoms with Gasteiger partial charge in [0.2, 0.25) is 0 Å². The molecule has 0 atom stereocenters. The average Bonchev–Trinajstić information content (AvgIpc) is 3.21. The van der Waals surface area contributed by atoms with Crippen molar-refractivity contribution in [3.63, 3.8) is 0 Å². The molecule has 18 heavy (non-hydrogen) atoms. The van der Waals surface area contributed by atoms with Crippen LogP contribution in [0.1, 0.15) is 36.5 Å². The van der Waals surface area contributed by atoms with Crippen LogP contribution in [0.3, 0.4) is 0 Å². The highest BCUT2D eigenvalue weighted by Gasteiger charge is 2.45. The molecular formula is C17H17F. The van der Waals surface area contributed by atoms with Crippen LogP contribution in [0, 0.1) is 5.82 Å². The normalized spacial score (nSPS) is 16.6. The van der Waals surface area contributed by atoms with Crippen LogP contribution < -0.4 is 0 Å². The monoisotopic (exact) mass is 240 g/mol. The Hall–Kier alpha value is -1.63. The zero-order valence-corrected chi connectivity index (χ0v) is 10.6. The predicted octanol–water partition coefficient (Wildman–Crippen LogP) is 4.47. The van der Waals surface area contributed by atoms with E-state index < -0.39 is 0 Å². The molecule has 2 aromatic carbocycles. The summed E-state index contributed by atoms with van der Waals surface area (Å²) < 4.78 is 13.0. The van der Waals surface area contributed by atoms with Crippen molar-refractivity contribution in [3.05, 3.63) is 71.0 Å². The fourth-order valence-electron chi connectivity index (χ4n) is 2.70. The van der Waals surface area contributed by atoms with E-state index in [-0.39, 0.29) is 11.2 Å². The maximum atomic E-state index is 13.0. The summed E-state index contributed by atoms with van der Waals surface area (Å²) in [6.07, 6.45) is 3.41. The van der Waals surface area contributed by atoms with E-state index in [0.29, 0.717) is 0 Å². The number of rotatable bonds is 3. The number of hydrogen-bond donors (Lipinski definition) is 0. The van der Waals surface area contributed by atoms with Gasteiger partial charge in [0, 0.05) is 5.41 Å². The van der Waals surface area contributed by atoms with E-state index in [2.05, 4.69) is 31.2 Å². The Labute approximate surface area is 107 Å². The van der Waals surface area contributed by atoms with E-state index in [1.165, 1.54) is 29.5 Å². The largest absolute Gasteiger partial charge is 0.207 e. The second kappa shape index (κ2) is 4.24. The summed E-state index contributed by atoms with van der Waals surface area (Å²) >= 11 is 0. The first-order valence-electron chi connectivity index (χ1n) is 6.60. The molecular weight excluding hydrogens is 223 g/mol. The molecule has 0 nitrogen and oxygen atoms in total. The molecule has 0 aliphatic heterocycles. The van der Waals surface area contributed by atoms with Crippen LogP contribution in [0.5, 0.6) is 0 Å². The van der Waals surface area contributed by atoms with Crippen LogP contribution >= 0.6 is 0 Å². The van der Waals surface area contributed by atoms with Gasteiger partial charge in [-0.15, -0.1) is 0 Å². The Morgan fingerprint density at radius 3 is 1.83 bits per heavy atom. The third-order valence-electron chi connectivity index (χ3n) is 4.06. The Kier molecular flexibility index (Phi) is 2.70. The molecule has 0 heterocycles. The minimum absolute atomic E-state index is 0.153.